The van der Waals surface area contributed by atoms with E-state index >= 15 is 0 Å². The van der Waals surface area contributed by atoms with Crippen molar-refractivity contribution in [2.45, 2.75) is 38.1 Å². The van der Waals surface area contributed by atoms with Gasteiger partial charge >= 0.3 is 0 Å². The van der Waals surface area contributed by atoms with Gasteiger partial charge in [-0.15, -0.1) is 11.6 Å². The van der Waals surface area contributed by atoms with Crippen molar-refractivity contribution in [1.29, 1.82) is 0 Å². The number of carbonyl (C=O) groups excluding carboxylic acids is 2. The van der Waals surface area contributed by atoms with Gasteiger partial charge in [0.25, 0.3) is 0 Å². The van der Waals surface area contributed by atoms with Gasteiger partial charge < -0.3 is 10.6 Å². The molecule has 86 valence electrons. The van der Waals surface area contributed by atoms with E-state index in [1.54, 1.807) is 0 Å². The fourth-order valence-electron chi connectivity index (χ4n) is 1.56. The summed E-state index contributed by atoms with van der Waals surface area (Å²) in [5.41, 5.74) is 0. The van der Waals surface area contributed by atoms with Crippen LogP contribution in [-0.4, -0.2) is 30.3 Å². The van der Waals surface area contributed by atoms with Crippen molar-refractivity contribution < 1.29 is 9.59 Å². The molecule has 0 aromatic heterocycles. The number of rotatable bonds is 5. The third-order valence-corrected chi connectivity index (χ3v) is 2.68. The van der Waals surface area contributed by atoms with Gasteiger partial charge in [0.2, 0.25) is 11.8 Å². The monoisotopic (exact) mass is 232 g/mol. The zero-order valence-corrected chi connectivity index (χ0v) is 9.48. The Bertz CT molecular complexity index is 233. The number of alkyl halides is 1. The van der Waals surface area contributed by atoms with E-state index < -0.39 is 0 Å². The largest absolute Gasteiger partial charge is 0.354 e. The van der Waals surface area contributed by atoms with Gasteiger partial charge in [-0.25, -0.2) is 0 Å². The molecule has 1 aliphatic rings. The maximum Gasteiger partial charge on any atom is 0.242 e. The predicted octanol–water partition coefficient (Wildman–Crippen LogP) is 0.790. The van der Waals surface area contributed by atoms with E-state index in [2.05, 4.69) is 10.6 Å². The molecule has 0 aromatic rings. The molecule has 1 heterocycles. The molecule has 1 unspecified atom stereocenters. The van der Waals surface area contributed by atoms with Crippen molar-refractivity contribution in [2.24, 2.45) is 0 Å². The second-order valence-corrected chi connectivity index (χ2v) is 4.08. The van der Waals surface area contributed by atoms with Crippen molar-refractivity contribution in [3.05, 3.63) is 0 Å². The Morgan fingerprint density at radius 2 is 2.33 bits per heavy atom. The van der Waals surface area contributed by atoms with Gasteiger partial charge in [-0.2, -0.15) is 0 Å². The number of halogens is 1. The molecule has 0 spiro atoms. The molecule has 0 aliphatic carbocycles. The lowest BCUT2D eigenvalue weighted by atomic mass is 10.1. The Morgan fingerprint density at radius 3 is 3.00 bits per heavy atom. The number of hydrogen-bond acceptors (Lipinski definition) is 2. The summed E-state index contributed by atoms with van der Waals surface area (Å²) >= 11 is 5.50. The molecular weight excluding hydrogens is 216 g/mol. The van der Waals surface area contributed by atoms with Crippen LogP contribution in [0.5, 0.6) is 0 Å². The molecule has 1 saturated heterocycles. The molecule has 1 aliphatic heterocycles. The van der Waals surface area contributed by atoms with Crippen LogP contribution in [0.25, 0.3) is 0 Å². The first kappa shape index (κ1) is 12.3. The summed E-state index contributed by atoms with van der Waals surface area (Å²) in [5, 5.41) is 5.46. The summed E-state index contributed by atoms with van der Waals surface area (Å²) in [5.74, 6) is 0.464. The molecule has 0 bridgehead atoms. The molecule has 15 heavy (non-hydrogen) atoms. The van der Waals surface area contributed by atoms with Crippen LogP contribution in [0.3, 0.4) is 0 Å². The number of hydrogen-bond donors (Lipinski definition) is 2. The molecule has 0 aromatic carbocycles. The summed E-state index contributed by atoms with van der Waals surface area (Å²) in [6.45, 7) is 0.720. The normalized spacial score (nSPS) is 20.9. The van der Waals surface area contributed by atoms with Gasteiger partial charge in [-0.05, 0) is 25.7 Å². The Morgan fingerprint density at radius 1 is 1.53 bits per heavy atom. The fourth-order valence-corrected chi connectivity index (χ4v) is 1.75. The topological polar surface area (TPSA) is 58.2 Å². The van der Waals surface area contributed by atoms with Crippen LogP contribution in [0.1, 0.15) is 32.1 Å². The highest BCUT2D eigenvalue weighted by Gasteiger charge is 2.22. The summed E-state index contributed by atoms with van der Waals surface area (Å²) in [6, 6.07) is -0.331. The quantitative estimate of drug-likeness (QED) is 0.544. The van der Waals surface area contributed by atoms with E-state index in [-0.39, 0.29) is 17.9 Å². The Balaban J connectivity index is 2.21. The van der Waals surface area contributed by atoms with Crippen LogP contribution in [0, 0.1) is 0 Å². The zero-order valence-electron chi connectivity index (χ0n) is 8.72. The van der Waals surface area contributed by atoms with Crippen LogP contribution >= 0.6 is 11.6 Å². The van der Waals surface area contributed by atoms with E-state index in [0.29, 0.717) is 12.3 Å². The molecule has 1 rings (SSSR count). The standard InChI is InChI=1S/C10H17ClN2O2/c11-6-2-1-5-9(14)13-8-4-3-7-12-10(8)15/h8H,1-7H2,(H,12,15)(H,13,14). The van der Waals surface area contributed by atoms with Gasteiger partial charge in [-0.3, -0.25) is 9.59 Å². The minimum Gasteiger partial charge on any atom is -0.354 e. The third kappa shape index (κ3) is 4.51. The Kier molecular flexibility index (Phi) is 5.47. The molecular formula is C10H17ClN2O2. The van der Waals surface area contributed by atoms with Gasteiger partial charge in [-0.1, -0.05) is 0 Å². The van der Waals surface area contributed by atoms with Crippen molar-refractivity contribution in [3.8, 4) is 0 Å². The second kappa shape index (κ2) is 6.67. The highest BCUT2D eigenvalue weighted by Crippen LogP contribution is 2.04. The number of carbonyl (C=O) groups is 2. The average Bonchev–Trinajstić information content (AvgIpc) is 2.22. The molecule has 0 saturated carbocycles. The van der Waals surface area contributed by atoms with Crippen molar-refractivity contribution in [2.75, 3.05) is 12.4 Å². The highest BCUT2D eigenvalue weighted by molar-refractivity contribution is 6.17. The minimum atomic E-state index is -0.331. The van der Waals surface area contributed by atoms with Crippen LogP contribution in [-0.2, 0) is 9.59 Å². The lowest BCUT2D eigenvalue weighted by Crippen LogP contribution is -2.50. The van der Waals surface area contributed by atoms with Crippen LogP contribution in [0.4, 0.5) is 0 Å². The predicted molar refractivity (Wildman–Crippen MR) is 58.7 cm³/mol. The summed E-state index contributed by atoms with van der Waals surface area (Å²) in [7, 11) is 0. The molecule has 1 fully saturated rings. The van der Waals surface area contributed by atoms with Crippen molar-refractivity contribution in [3.63, 3.8) is 0 Å². The third-order valence-electron chi connectivity index (χ3n) is 2.41. The zero-order chi connectivity index (χ0) is 11.1. The number of unbranched alkanes of at least 4 members (excludes halogenated alkanes) is 1. The maximum absolute atomic E-state index is 11.4. The summed E-state index contributed by atoms with van der Waals surface area (Å²) in [4.78, 5) is 22.7. The van der Waals surface area contributed by atoms with E-state index in [1.807, 2.05) is 0 Å². The first-order chi connectivity index (χ1) is 7.24. The van der Waals surface area contributed by atoms with Crippen LogP contribution < -0.4 is 10.6 Å². The molecule has 2 amide bonds. The lowest BCUT2D eigenvalue weighted by molar-refractivity contribution is -0.130. The highest BCUT2D eigenvalue weighted by atomic mass is 35.5. The molecule has 0 radical (unpaired) electrons. The fraction of sp³-hybridized carbons (Fsp3) is 0.800. The average molecular weight is 233 g/mol. The van der Waals surface area contributed by atoms with E-state index in [0.717, 1.165) is 32.2 Å². The summed E-state index contributed by atoms with van der Waals surface area (Å²) < 4.78 is 0. The summed E-state index contributed by atoms with van der Waals surface area (Å²) in [6.07, 6.45) is 3.75. The molecule has 2 N–H and O–H groups in total. The number of piperidine rings is 1. The van der Waals surface area contributed by atoms with Gasteiger partial charge in [0.15, 0.2) is 0 Å². The van der Waals surface area contributed by atoms with Crippen molar-refractivity contribution >= 4 is 23.4 Å². The van der Waals surface area contributed by atoms with Gasteiger partial charge in [0.1, 0.15) is 6.04 Å². The lowest BCUT2D eigenvalue weighted by Gasteiger charge is -2.22. The first-order valence-corrected chi connectivity index (χ1v) is 5.90. The van der Waals surface area contributed by atoms with E-state index in [9.17, 15) is 9.59 Å². The molecule has 5 heteroatoms. The minimum absolute atomic E-state index is 0.0535. The SMILES string of the molecule is O=C(CCCCCl)NC1CCCNC1=O. The number of nitrogens with one attached hydrogen (secondary N) is 2. The van der Waals surface area contributed by atoms with Gasteiger partial charge in [0, 0.05) is 18.8 Å². The maximum atomic E-state index is 11.4. The van der Waals surface area contributed by atoms with E-state index in [4.69, 9.17) is 11.6 Å². The Hall–Kier alpha value is -0.770. The van der Waals surface area contributed by atoms with E-state index in [1.165, 1.54) is 0 Å². The smallest absolute Gasteiger partial charge is 0.242 e. The number of amides is 2. The van der Waals surface area contributed by atoms with Gasteiger partial charge in [0.05, 0.1) is 0 Å². The first-order valence-electron chi connectivity index (χ1n) is 5.37. The van der Waals surface area contributed by atoms with Crippen molar-refractivity contribution in [1.82, 2.24) is 10.6 Å². The van der Waals surface area contributed by atoms with Crippen LogP contribution in [0.2, 0.25) is 0 Å². The second-order valence-electron chi connectivity index (χ2n) is 3.70. The van der Waals surface area contributed by atoms with Crippen LogP contribution in [0.15, 0.2) is 0 Å². The molecule has 4 nitrogen and oxygen atoms in total. The Labute approximate surface area is 94.7 Å². The molecule has 1 atom stereocenters.